The Labute approximate surface area is 185 Å². The minimum absolute atomic E-state index is 0.325. The van der Waals surface area contributed by atoms with Gasteiger partial charge < -0.3 is 10.6 Å². The Bertz CT molecular complexity index is 1160. The number of nitrogens with zero attached hydrogens (tertiary/aromatic N) is 1. The van der Waals surface area contributed by atoms with Gasteiger partial charge in [-0.25, -0.2) is 4.79 Å². The van der Waals surface area contributed by atoms with Gasteiger partial charge >= 0.3 is 6.03 Å². The van der Waals surface area contributed by atoms with Gasteiger partial charge in [0.2, 0.25) is 5.91 Å². The maximum atomic E-state index is 13.1. The number of carbonyl (C=O) groups is 3. The molecule has 2 N–H and O–H groups in total. The Kier molecular flexibility index (Phi) is 5.65. The molecule has 1 atom stereocenters. The second-order valence-electron chi connectivity index (χ2n) is 7.73. The van der Waals surface area contributed by atoms with E-state index in [1.807, 2.05) is 54.6 Å². The lowest BCUT2D eigenvalue weighted by atomic mass is 9.90. The standard InChI is InChI=1S/C24H22ClN3O3/c1-24(19-9-8-17-4-2-3-5-18(17)14-19)22(30)28(23(31)27-24)15-21(29)26-13-12-16-6-10-20(25)11-7-16/h2-11,14H,12-13,15H2,1H3,(H,26,29)(H,27,31). The van der Waals surface area contributed by atoms with Crippen molar-refractivity contribution in [2.45, 2.75) is 18.9 Å². The van der Waals surface area contributed by atoms with Gasteiger partial charge in [-0.05, 0) is 53.4 Å². The topological polar surface area (TPSA) is 78.5 Å². The van der Waals surface area contributed by atoms with Gasteiger partial charge in [0, 0.05) is 11.6 Å². The van der Waals surface area contributed by atoms with E-state index < -0.39 is 17.5 Å². The van der Waals surface area contributed by atoms with Crippen molar-refractivity contribution < 1.29 is 14.4 Å². The number of fused-ring (bicyclic) bond motifs is 1. The number of rotatable bonds is 6. The van der Waals surface area contributed by atoms with Crippen LogP contribution >= 0.6 is 11.6 Å². The lowest BCUT2D eigenvalue weighted by Gasteiger charge is -2.22. The van der Waals surface area contributed by atoms with Crippen LogP contribution in [-0.2, 0) is 21.5 Å². The highest BCUT2D eigenvalue weighted by Crippen LogP contribution is 2.30. The third kappa shape index (κ3) is 4.25. The molecule has 1 aliphatic rings. The molecule has 0 spiro atoms. The molecule has 1 fully saturated rings. The molecule has 1 heterocycles. The summed E-state index contributed by atoms with van der Waals surface area (Å²) in [6.45, 7) is 1.73. The van der Waals surface area contributed by atoms with Crippen LogP contribution in [0.15, 0.2) is 66.7 Å². The van der Waals surface area contributed by atoms with Gasteiger partial charge in [-0.3, -0.25) is 14.5 Å². The summed E-state index contributed by atoms with van der Waals surface area (Å²) in [7, 11) is 0. The zero-order chi connectivity index (χ0) is 22.0. The number of carbonyl (C=O) groups excluding carboxylic acids is 3. The van der Waals surface area contributed by atoms with Gasteiger partial charge in [0.1, 0.15) is 12.1 Å². The monoisotopic (exact) mass is 435 g/mol. The van der Waals surface area contributed by atoms with Crippen LogP contribution < -0.4 is 10.6 Å². The highest BCUT2D eigenvalue weighted by Gasteiger charge is 2.49. The largest absolute Gasteiger partial charge is 0.354 e. The summed E-state index contributed by atoms with van der Waals surface area (Å²) in [5.74, 6) is -0.833. The summed E-state index contributed by atoms with van der Waals surface area (Å²) < 4.78 is 0. The first-order chi connectivity index (χ1) is 14.9. The van der Waals surface area contributed by atoms with Crippen molar-refractivity contribution in [2.24, 2.45) is 0 Å². The predicted molar refractivity (Wildman–Crippen MR) is 120 cm³/mol. The summed E-state index contributed by atoms with van der Waals surface area (Å²) in [5.41, 5.74) is 0.490. The third-order valence-electron chi connectivity index (χ3n) is 5.55. The Morgan fingerprint density at radius 2 is 1.74 bits per heavy atom. The summed E-state index contributed by atoms with van der Waals surface area (Å²) in [6, 6.07) is 20.2. The SMILES string of the molecule is CC1(c2ccc3ccccc3c2)NC(=O)N(CC(=O)NCCc2ccc(Cl)cc2)C1=O. The van der Waals surface area contributed by atoms with E-state index in [1.165, 1.54) is 0 Å². The Hall–Kier alpha value is -3.38. The smallest absolute Gasteiger partial charge is 0.325 e. The van der Waals surface area contributed by atoms with Gasteiger partial charge in [-0.15, -0.1) is 0 Å². The molecule has 1 aliphatic heterocycles. The average molecular weight is 436 g/mol. The van der Waals surface area contributed by atoms with Crippen LogP contribution in [0.25, 0.3) is 10.8 Å². The molecular formula is C24H22ClN3O3. The molecular weight excluding hydrogens is 414 g/mol. The minimum atomic E-state index is -1.22. The maximum absolute atomic E-state index is 13.1. The molecule has 0 aliphatic carbocycles. The van der Waals surface area contributed by atoms with Crippen molar-refractivity contribution in [2.75, 3.05) is 13.1 Å². The van der Waals surface area contributed by atoms with Crippen LogP contribution in [0.1, 0.15) is 18.1 Å². The highest BCUT2D eigenvalue weighted by molar-refractivity contribution is 6.30. The molecule has 0 saturated carbocycles. The lowest BCUT2D eigenvalue weighted by Crippen LogP contribution is -2.43. The first-order valence-corrected chi connectivity index (χ1v) is 10.4. The number of hydrogen-bond acceptors (Lipinski definition) is 3. The third-order valence-corrected chi connectivity index (χ3v) is 5.80. The van der Waals surface area contributed by atoms with Crippen LogP contribution in [0.4, 0.5) is 4.79 Å². The predicted octanol–water partition coefficient (Wildman–Crippen LogP) is 3.62. The van der Waals surface area contributed by atoms with E-state index >= 15 is 0 Å². The molecule has 0 bridgehead atoms. The average Bonchev–Trinajstić information content (AvgIpc) is 2.98. The summed E-state index contributed by atoms with van der Waals surface area (Å²) in [6.07, 6.45) is 0.623. The quantitative estimate of drug-likeness (QED) is 0.580. The zero-order valence-corrected chi connectivity index (χ0v) is 17.8. The van der Waals surface area contributed by atoms with Gasteiger partial charge in [-0.1, -0.05) is 60.1 Å². The fraction of sp³-hybridized carbons (Fsp3) is 0.208. The first kappa shape index (κ1) is 20.9. The molecule has 158 valence electrons. The molecule has 3 aromatic carbocycles. The molecule has 1 saturated heterocycles. The van der Waals surface area contributed by atoms with Crippen molar-refractivity contribution in [3.63, 3.8) is 0 Å². The van der Waals surface area contributed by atoms with Crippen LogP contribution in [-0.4, -0.2) is 35.8 Å². The summed E-state index contributed by atoms with van der Waals surface area (Å²) in [5, 5.41) is 8.18. The van der Waals surface area contributed by atoms with Crippen LogP contribution in [0.5, 0.6) is 0 Å². The fourth-order valence-electron chi connectivity index (χ4n) is 3.73. The number of urea groups is 1. The van der Waals surface area contributed by atoms with Gasteiger partial charge in [0.25, 0.3) is 5.91 Å². The van der Waals surface area contributed by atoms with E-state index in [-0.39, 0.29) is 12.5 Å². The number of halogens is 1. The van der Waals surface area contributed by atoms with Gasteiger partial charge in [-0.2, -0.15) is 0 Å². The van der Waals surface area contributed by atoms with E-state index in [9.17, 15) is 14.4 Å². The number of imide groups is 1. The molecule has 3 aromatic rings. The number of amides is 4. The molecule has 31 heavy (non-hydrogen) atoms. The maximum Gasteiger partial charge on any atom is 0.325 e. The van der Waals surface area contributed by atoms with Crippen molar-refractivity contribution in [3.8, 4) is 0 Å². The van der Waals surface area contributed by atoms with Crippen LogP contribution in [0, 0.1) is 0 Å². The molecule has 4 rings (SSSR count). The molecule has 4 amide bonds. The van der Waals surface area contributed by atoms with Crippen molar-refractivity contribution in [1.29, 1.82) is 0 Å². The minimum Gasteiger partial charge on any atom is -0.354 e. The highest BCUT2D eigenvalue weighted by atomic mass is 35.5. The Morgan fingerprint density at radius 1 is 1.03 bits per heavy atom. The molecule has 6 nitrogen and oxygen atoms in total. The van der Waals surface area contributed by atoms with E-state index in [0.717, 1.165) is 21.2 Å². The summed E-state index contributed by atoms with van der Waals surface area (Å²) in [4.78, 5) is 38.9. The second-order valence-corrected chi connectivity index (χ2v) is 8.17. The lowest BCUT2D eigenvalue weighted by molar-refractivity contribution is -0.134. The molecule has 7 heteroatoms. The Balaban J connectivity index is 1.41. The zero-order valence-electron chi connectivity index (χ0n) is 17.0. The fourth-order valence-corrected chi connectivity index (χ4v) is 3.86. The molecule has 0 aromatic heterocycles. The van der Waals surface area contributed by atoms with Crippen LogP contribution in [0.3, 0.4) is 0 Å². The number of benzene rings is 3. The normalized spacial score (nSPS) is 18.3. The number of nitrogens with one attached hydrogen (secondary N) is 2. The molecule has 1 unspecified atom stereocenters. The van der Waals surface area contributed by atoms with E-state index in [0.29, 0.717) is 23.6 Å². The van der Waals surface area contributed by atoms with Gasteiger partial charge in [0.15, 0.2) is 0 Å². The van der Waals surface area contributed by atoms with Crippen molar-refractivity contribution >= 4 is 40.2 Å². The van der Waals surface area contributed by atoms with E-state index in [1.54, 1.807) is 19.1 Å². The Morgan fingerprint density at radius 3 is 2.48 bits per heavy atom. The summed E-state index contributed by atoms with van der Waals surface area (Å²) >= 11 is 5.87. The van der Waals surface area contributed by atoms with E-state index in [2.05, 4.69) is 10.6 Å². The van der Waals surface area contributed by atoms with Gasteiger partial charge in [0.05, 0.1) is 0 Å². The first-order valence-electron chi connectivity index (χ1n) is 10.0. The van der Waals surface area contributed by atoms with Crippen LogP contribution in [0.2, 0.25) is 5.02 Å². The van der Waals surface area contributed by atoms with Crippen molar-refractivity contribution in [3.05, 3.63) is 82.9 Å². The second kappa shape index (κ2) is 8.40. The van der Waals surface area contributed by atoms with E-state index in [4.69, 9.17) is 11.6 Å². The van der Waals surface area contributed by atoms with Crippen molar-refractivity contribution in [1.82, 2.24) is 15.5 Å². The molecule has 0 radical (unpaired) electrons. The number of hydrogen-bond donors (Lipinski definition) is 2.